The van der Waals surface area contributed by atoms with E-state index in [1.54, 1.807) is 6.26 Å². The van der Waals surface area contributed by atoms with Crippen LogP contribution in [0.2, 0.25) is 0 Å². The van der Waals surface area contributed by atoms with Crippen molar-refractivity contribution in [1.82, 2.24) is 9.80 Å². The van der Waals surface area contributed by atoms with Crippen molar-refractivity contribution in [3.8, 4) is 0 Å². The molecule has 0 bridgehead atoms. The first-order valence-corrected chi connectivity index (χ1v) is 6.35. The first-order chi connectivity index (χ1) is 8.22. The molecule has 4 nitrogen and oxygen atoms in total. The van der Waals surface area contributed by atoms with Gasteiger partial charge in [-0.2, -0.15) is 0 Å². The minimum absolute atomic E-state index is 0.317. The fourth-order valence-electron chi connectivity index (χ4n) is 2.67. The standard InChI is InChI=1S/C13H23N3O/c1-15(2)12-3-6-16(7-4-12)13(9-14)11-5-8-17-10-11/h5,8,10,12-13H,3-4,6-7,9,14H2,1-2H3. The van der Waals surface area contributed by atoms with Gasteiger partial charge in [0, 0.05) is 31.2 Å². The highest BCUT2D eigenvalue weighted by Crippen LogP contribution is 2.25. The maximum absolute atomic E-state index is 5.90. The second-order valence-electron chi connectivity index (χ2n) is 5.04. The first kappa shape index (κ1) is 12.6. The van der Waals surface area contributed by atoms with Gasteiger partial charge >= 0.3 is 0 Å². The lowest BCUT2D eigenvalue weighted by Crippen LogP contribution is -2.44. The van der Waals surface area contributed by atoms with Gasteiger partial charge in [0.2, 0.25) is 0 Å². The van der Waals surface area contributed by atoms with E-state index in [0.29, 0.717) is 18.6 Å². The average Bonchev–Trinajstić information content (AvgIpc) is 2.84. The summed E-state index contributed by atoms with van der Waals surface area (Å²) in [7, 11) is 4.33. The summed E-state index contributed by atoms with van der Waals surface area (Å²) in [4.78, 5) is 4.80. The highest BCUT2D eigenvalue weighted by Gasteiger charge is 2.26. The number of hydrogen-bond acceptors (Lipinski definition) is 4. The molecule has 1 aromatic heterocycles. The van der Waals surface area contributed by atoms with Gasteiger partial charge in [-0.05, 0) is 33.0 Å². The molecule has 1 aliphatic rings. The minimum atomic E-state index is 0.317. The highest BCUT2D eigenvalue weighted by molar-refractivity contribution is 5.12. The SMILES string of the molecule is CN(C)C1CCN(C(CN)c2ccoc2)CC1. The number of furan rings is 1. The molecule has 1 aromatic rings. The third-order valence-corrected chi connectivity index (χ3v) is 3.82. The van der Waals surface area contributed by atoms with E-state index in [4.69, 9.17) is 10.2 Å². The van der Waals surface area contributed by atoms with Gasteiger partial charge in [0.25, 0.3) is 0 Å². The van der Waals surface area contributed by atoms with Crippen molar-refractivity contribution >= 4 is 0 Å². The maximum atomic E-state index is 5.90. The summed E-state index contributed by atoms with van der Waals surface area (Å²) in [5.74, 6) is 0. The van der Waals surface area contributed by atoms with Crippen LogP contribution in [0.3, 0.4) is 0 Å². The van der Waals surface area contributed by atoms with E-state index >= 15 is 0 Å². The fourth-order valence-corrected chi connectivity index (χ4v) is 2.67. The van der Waals surface area contributed by atoms with Gasteiger partial charge in [0.15, 0.2) is 0 Å². The Morgan fingerprint density at radius 2 is 2.18 bits per heavy atom. The molecule has 0 spiro atoms. The molecule has 2 N–H and O–H groups in total. The van der Waals surface area contributed by atoms with Crippen molar-refractivity contribution in [2.24, 2.45) is 5.73 Å². The zero-order valence-corrected chi connectivity index (χ0v) is 10.8. The van der Waals surface area contributed by atoms with Crippen LogP contribution in [-0.4, -0.2) is 49.6 Å². The van der Waals surface area contributed by atoms with Gasteiger partial charge in [-0.1, -0.05) is 0 Å². The van der Waals surface area contributed by atoms with Crippen LogP contribution in [0.5, 0.6) is 0 Å². The van der Waals surface area contributed by atoms with E-state index in [-0.39, 0.29) is 0 Å². The lowest BCUT2D eigenvalue weighted by atomic mass is 10.00. The Balaban J connectivity index is 1.95. The Morgan fingerprint density at radius 1 is 1.47 bits per heavy atom. The summed E-state index contributed by atoms with van der Waals surface area (Å²) in [5.41, 5.74) is 7.10. The van der Waals surface area contributed by atoms with Gasteiger partial charge in [0.05, 0.1) is 18.6 Å². The lowest BCUT2D eigenvalue weighted by Gasteiger charge is -2.38. The number of hydrogen-bond donors (Lipinski definition) is 1. The van der Waals surface area contributed by atoms with Gasteiger partial charge < -0.3 is 15.1 Å². The molecule has 2 rings (SSSR count). The Hall–Kier alpha value is -0.840. The third-order valence-electron chi connectivity index (χ3n) is 3.82. The molecular weight excluding hydrogens is 214 g/mol. The van der Waals surface area contributed by atoms with Crippen molar-refractivity contribution in [2.45, 2.75) is 24.9 Å². The minimum Gasteiger partial charge on any atom is -0.472 e. The van der Waals surface area contributed by atoms with Crippen LogP contribution < -0.4 is 5.73 Å². The Morgan fingerprint density at radius 3 is 2.65 bits per heavy atom. The molecule has 96 valence electrons. The molecule has 1 fully saturated rings. The number of rotatable bonds is 4. The van der Waals surface area contributed by atoms with Crippen molar-refractivity contribution in [3.63, 3.8) is 0 Å². The zero-order chi connectivity index (χ0) is 12.3. The normalized spacial score (nSPS) is 20.9. The van der Waals surface area contributed by atoms with Gasteiger partial charge in [-0.15, -0.1) is 0 Å². The van der Waals surface area contributed by atoms with Gasteiger partial charge in [-0.25, -0.2) is 0 Å². The van der Waals surface area contributed by atoms with E-state index in [1.807, 2.05) is 12.3 Å². The van der Waals surface area contributed by atoms with Crippen LogP contribution in [0.25, 0.3) is 0 Å². The molecule has 1 saturated heterocycles. The highest BCUT2D eigenvalue weighted by atomic mass is 16.3. The van der Waals surface area contributed by atoms with Crippen LogP contribution in [-0.2, 0) is 0 Å². The predicted molar refractivity (Wildman–Crippen MR) is 68.8 cm³/mol. The smallest absolute Gasteiger partial charge is 0.0950 e. The zero-order valence-electron chi connectivity index (χ0n) is 10.8. The molecule has 2 heterocycles. The second kappa shape index (κ2) is 5.67. The molecule has 4 heteroatoms. The Bertz CT molecular complexity index is 315. The van der Waals surface area contributed by atoms with Crippen LogP contribution in [0, 0.1) is 0 Å². The van der Waals surface area contributed by atoms with Gasteiger partial charge in [0.1, 0.15) is 0 Å². The van der Waals surface area contributed by atoms with Crippen LogP contribution in [0.15, 0.2) is 23.0 Å². The van der Waals surface area contributed by atoms with Crippen molar-refractivity contribution < 1.29 is 4.42 Å². The summed E-state index contributed by atoms with van der Waals surface area (Å²) in [6, 6.07) is 3.06. The predicted octanol–water partition coefficient (Wildman–Crippen LogP) is 1.31. The fraction of sp³-hybridized carbons (Fsp3) is 0.692. The van der Waals surface area contributed by atoms with Crippen molar-refractivity contribution in [3.05, 3.63) is 24.2 Å². The van der Waals surface area contributed by atoms with E-state index in [0.717, 1.165) is 13.1 Å². The number of likely N-dealkylation sites (tertiary alicyclic amines) is 1. The molecule has 1 unspecified atom stereocenters. The Labute approximate surface area is 103 Å². The largest absolute Gasteiger partial charge is 0.472 e. The lowest BCUT2D eigenvalue weighted by molar-refractivity contribution is 0.110. The van der Waals surface area contributed by atoms with Crippen molar-refractivity contribution in [1.29, 1.82) is 0 Å². The summed E-state index contributed by atoms with van der Waals surface area (Å²) in [6.07, 6.45) is 5.99. The van der Waals surface area contributed by atoms with E-state index < -0.39 is 0 Å². The number of nitrogens with zero attached hydrogens (tertiary/aromatic N) is 2. The maximum Gasteiger partial charge on any atom is 0.0950 e. The summed E-state index contributed by atoms with van der Waals surface area (Å²) < 4.78 is 5.16. The van der Waals surface area contributed by atoms with Crippen molar-refractivity contribution in [2.75, 3.05) is 33.7 Å². The molecule has 0 aromatic carbocycles. The topological polar surface area (TPSA) is 45.6 Å². The summed E-state index contributed by atoms with van der Waals surface area (Å²) in [6.45, 7) is 2.90. The molecule has 0 aliphatic carbocycles. The first-order valence-electron chi connectivity index (χ1n) is 6.35. The molecule has 17 heavy (non-hydrogen) atoms. The monoisotopic (exact) mass is 237 g/mol. The molecule has 1 atom stereocenters. The number of piperidine rings is 1. The third kappa shape index (κ3) is 2.89. The van der Waals surface area contributed by atoms with Crippen LogP contribution in [0.4, 0.5) is 0 Å². The molecule has 1 aliphatic heterocycles. The number of nitrogens with two attached hydrogens (primary N) is 1. The molecule has 0 amide bonds. The van der Waals surface area contributed by atoms with Gasteiger partial charge in [-0.3, -0.25) is 4.90 Å². The van der Waals surface area contributed by atoms with Crippen LogP contribution >= 0.6 is 0 Å². The molecule has 0 radical (unpaired) electrons. The summed E-state index contributed by atoms with van der Waals surface area (Å²) >= 11 is 0. The second-order valence-corrected chi connectivity index (χ2v) is 5.04. The average molecular weight is 237 g/mol. The Kier molecular flexibility index (Phi) is 4.20. The van der Waals surface area contributed by atoms with E-state index in [1.165, 1.54) is 18.4 Å². The van der Waals surface area contributed by atoms with E-state index in [2.05, 4.69) is 23.9 Å². The molecular formula is C13H23N3O. The van der Waals surface area contributed by atoms with Crippen LogP contribution in [0.1, 0.15) is 24.4 Å². The van der Waals surface area contributed by atoms with E-state index in [9.17, 15) is 0 Å². The molecule has 0 saturated carbocycles. The quantitative estimate of drug-likeness (QED) is 0.857. The summed E-state index contributed by atoms with van der Waals surface area (Å²) in [5, 5.41) is 0.